The Kier molecular flexibility index (Phi) is 8.52. The Morgan fingerprint density at radius 1 is 1.00 bits per heavy atom. The molecule has 0 atom stereocenters. The van der Waals surface area contributed by atoms with Crippen molar-refractivity contribution in [1.29, 1.82) is 0 Å². The molecule has 1 amide bonds. The van der Waals surface area contributed by atoms with Crippen LogP contribution >= 0.6 is 0 Å². The fourth-order valence-corrected chi connectivity index (χ4v) is 4.37. The minimum Gasteiger partial charge on any atom is -0.379 e. The van der Waals surface area contributed by atoms with Crippen LogP contribution < -0.4 is 10.0 Å². The highest BCUT2D eigenvalue weighted by molar-refractivity contribution is 7.89. The number of rotatable bonds is 10. The van der Waals surface area contributed by atoms with Gasteiger partial charge in [0.1, 0.15) is 0 Å². The van der Waals surface area contributed by atoms with E-state index in [2.05, 4.69) is 14.9 Å². The van der Waals surface area contributed by atoms with Gasteiger partial charge in [-0.05, 0) is 43.2 Å². The van der Waals surface area contributed by atoms with Crippen molar-refractivity contribution in [2.45, 2.75) is 24.7 Å². The zero-order chi connectivity index (χ0) is 23.0. The summed E-state index contributed by atoms with van der Waals surface area (Å²) in [5, 5.41) is 2.78. The summed E-state index contributed by atoms with van der Waals surface area (Å²) in [5.41, 5.74) is 2.31. The van der Waals surface area contributed by atoms with Crippen LogP contribution in [0.4, 0.5) is 5.69 Å². The molecule has 1 aliphatic heterocycles. The molecule has 2 N–H and O–H groups in total. The van der Waals surface area contributed by atoms with Crippen LogP contribution in [0.5, 0.6) is 0 Å². The van der Waals surface area contributed by atoms with Crippen molar-refractivity contribution in [3.8, 4) is 0 Å². The van der Waals surface area contributed by atoms with E-state index in [9.17, 15) is 18.0 Å². The Labute approximate surface area is 189 Å². The number of nitrogens with zero attached hydrogens (tertiary/aromatic N) is 1. The third-order valence-electron chi connectivity index (χ3n) is 5.27. The Hall–Kier alpha value is -2.59. The predicted molar refractivity (Wildman–Crippen MR) is 122 cm³/mol. The third-order valence-corrected chi connectivity index (χ3v) is 6.75. The summed E-state index contributed by atoms with van der Waals surface area (Å²) in [7, 11) is -3.75. The number of carbonyl (C=O) groups is 2. The van der Waals surface area contributed by atoms with Gasteiger partial charge < -0.3 is 10.1 Å². The third kappa shape index (κ3) is 7.23. The summed E-state index contributed by atoms with van der Waals surface area (Å²) in [6, 6.07) is 13.4. The van der Waals surface area contributed by atoms with Crippen molar-refractivity contribution in [3.05, 3.63) is 59.7 Å². The molecule has 0 aromatic heterocycles. The van der Waals surface area contributed by atoms with Gasteiger partial charge >= 0.3 is 0 Å². The van der Waals surface area contributed by atoms with Crippen molar-refractivity contribution in [3.63, 3.8) is 0 Å². The van der Waals surface area contributed by atoms with Gasteiger partial charge in [-0.1, -0.05) is 24.3 Å². The van der Waals surface area contributed by atoms with Gasteiger partial charge in [0, 0.05) is 43.9 Å². The molecule has 0 spiro atoms. The minimum atomic E-state index is -3.75. The number of morpholine rings is 1. The van der Waals surface area contributed by atoms with Gasteiger partial charge in [0.2, 0.25) is 15.9 Å². The molecule has 0 bridgehead atoms. The summed E-state index contributed by atoms with van der Waals surface area (Å²) in [6.45, 7) is 5.86. The normalized spacial score (nSPS) is 14.8. The largest absolute Gasteiger partial charge is 0.379 e. The van der Waals surface area contributed by atoms with Gasteiger partial charge in [0.15, 0.2) is 5.78 Å². The van der Waals surface area contributed by atoms with Gasteiger partial charge in [0.05, 0.1) is 18.1 Å². The number of hydrogen-bond donors (Lipinski definition) is 2. The van der Waals surface area contributed by atoms with Crippen LogP contribution in [-0.2, 0) is 26.0 Å². The summed E-state index contributed by atoms with van der Waals surface area (Å²) < 4.78 is 32.4. The molecule has 0 radical (unpaired) electrons. The van der Waals surface area contributed by atoms with E-state index < -0.39 is 10.0 Å². The molecule has 9 heteroatoms. The minimum absolute atomic E-state index is 0.00351. The second-order valence-corrected chi connectivity index (χ2v) is 9.44. The highest BCUT2D eigenvalue weighted by Crippen LogP contribution is 2.13. The maximum atomic E-state index is 12.3. The smallest absolute Gasteiger partial charge is 0.240 e. The molecule has 1 fully saturated rings. The Morgan fingerprint density at radius 3 is 2.28 bits per heavy atom. The topological polar surface area (TPSA) is 105 Å². The van der Waals surface area contributed by atoms with Crippen LogP contribution in [0.25, 0.3) is 0 Å². The first-order chi connectivity index (χ1) is 15.3. The molecular weight excluding hydrogens is 430 g/mol. The number of benzene rings is 2. The van der Waals surface area contributed by atoms with Crippen LogP contribution in [0.3, 0.4) is 0 Å². The van der Waals surface area contributed by atoms with Crippen molar-refractivity contribution < 1.29 is 22.7 Å². The SMILES string of the molecule is CC(=O)c1ccc(S(=O)(=O)NCCC(=O)Nc2ccc(CCN3CCOCC3)cc2)cc1. The number of anilines is 1. The number of carbonyl (C=O) groups excluding carboxylic acids is 2. The number of Topliss-reactive ketones (excluding diaryl/α,β-unsaturated/α-hetero) is 1. The van der Waals surface area contributed by atoms with Crippen molar-refractivity contribution >= 4 is 27.4 Å². The molecule has 1 heterocycles. The number of amides is 1. The number of ether oxygens (including phenoxy) is 1. The number of ketones is 1. The molecule has 2 aromatic rings. The monoisotopic (exact) mass is 459 g/mol. The molecule has 1 aliphatic rings. The summed E-state index contributed by atoms with van der Waals surface area (Å²) in [4.78, 5) is 25.9. The molecule has 32 heavy (non-hydrogen) atoms. The second kappa shape index (κ2) is 11.3. The molecule has 1 saturated heterocycles. The van der Waals surface area contributed by atoms with Crippen LogP contribution in [0.15, 0.2) is 53.4 Å². The molecule has 2 aromatic carbocycles. The summed E-state index contributed by atoms with van der Waals surface area (Å²) in [6.07, 6.45) is 0.937. The average molecular weight is 460 g/mol. The van der Waals surface area contributed by atoms with Crippen LogP contribution in [-0.4, -0.2) is 64.4 Å². The van der Waals surface area contributed by atoms with Crippen molar-refractivity contribution in [1.82, 2.24) is 9.62 Å². The quantitative estimate of drug-likeness (QED) is 0.527. The van der Waals surface area contributed by atoms with Gasteiger partial charge in [-0.25, -0.2) is 13.1 Å². The highest BCUT2D eigenvalue weighted by Gasteiger charge is 2.15. The molecule has 172 valence electrons. The molecule has 3 rings (SSSR count). The van der Waals surface area contributed by atoms with Crippen LogP contribution in [0.2, 0.25) is 0 Å². The molecular formula is C23H29N3O5S. The van der Waals surface area contributed by atoms with Gasteiger partial charge in [-0.2, -0.15) is 0 Å². The van der Waals surface area contributed by atoms with Gasteiger partial charge in [-0.15, -0.1) is 0 Å². The van der Waals surface area contributed by atoms with Gasteiger partial charge in [0.25, 0.3) is 0 Å². The van der Waals surface area contributed by atoms with Crippen molar-refractivity contribution in [2.75, 3.05) is 44.7 Å². The van der Waals surface area contributed by atoms with E-state index in [1.807, 2.05) is 24.3 Å². The predicted octanol–water partition coefficient (Wildman–Crippen LogP) is 2.07. The number of hydrogen-bond acceptors (Lipinski definition) is 6. The maximum Gasteiger partial charge on any atom is 0.240 e. The van der Waals surface area contributed by atoms with Crippen molar-refractivity contribution in [2.24, 2.45) is 0 Å². The average Bonchev–Trinajstić information content (AvgIpc) is 2.79. The molecule has 0 aliphatic carbocycles. The zero-order valence-electron chi connectivity index (χ0n) is 18.2. The second-order valence-electron chi connectivity index (χ2n) is 7.68. The first-order valence-electron chi connectivity index (χ1n) is 10.6. The summed E-state index contributed by atoms with van der Waals surface area (Å²) >= 11 is 0. The lowest BCUT2D eigenvalue weighted by Gasteiger charge is -2.26. The summed E-state index contributed by atoms with van der Waals surface area (Å²) in [5.74, 6) is -0.413. The fourth-order valence-electron chi connectivity index (χ4n) is 3.34. The lowest BCUT2D eigenvalue weighted by molar-refractivity contribution is -0.116. The maximum absolute atomic E-state index is 12.3. The van der Waals surface area contributed by atoms with Crippen LogP contribution in [0, 0.1) is 0 Å². The fraction of sp³-hybridized carbons (Fsp3) is 0.391. The Balaban J connectivity index is 1.41. The standard InChI is InChI=1S/C23H29N3O5S/c1-18(27)20-4-8-22(9-5-20)32(29,30)24-12-10-23(28)25-21-6-2-19(3-7-21)11-13-26-14-16-31-17-15-26/h2-9,24H,10-17H2,1H3,(H,25,28). The first-order valence-corrected chi connectivity index (χ1v) is 12.1. The van der Waals surface area contributed by atoms with E-state index in [1.54, 1.807) is 0 Å². The van der Waals surface area contributed by atoms with E-state index in [-0.39, 0.29) is 29.6 Å². The Bertz CT molecular complexity index is 1010. The van der Waals surface area contributed by atoms with Crippen LogP contribution in [0.1, 0.15) is 29.3 Å². The van der Waals surface area contributed by atoms with E-state index in [1.165, 1.54) is 36.8 Å². The van der Waals surface area contributed by atoms with E-state index in [0.717, 1.165) is 39.3 Å². The first kappa shape index (κ1) is 24.1. The van der Waals surface area contributed by atoms with Gasteiger partial charge in [-0.3, -0.25) is 14.5 Å². The lowest BCUT2D eigenvalue weighted by Crippen LogP contribution is -2.37. The lowest BCUT2D eigenvalue weighted by atomic mass is 10.1. The van der Waals surface area contributed by atoms with E-state index in [0.29, 0.717) is 11.3 Å². The Morgan fingerprint density at radius 2 is 1.66 bits per heavy atom. The van der Waals surface area contributed by atoms with E-state index >= 15 is 0 Å². The number of sulfonamides is 1. The zero-order valence-corrected chi connectivity index (χ0v) is 19.0. The molecule has 8 nitrogen and oxygen atoms in total. The number of nitrogens with one attached hydrogen (secondary N) is 2. The molecule has 0 unspecified atom stereocenters. The highest BCUT2D eigenvalue weighted by atomic mass is 32.2. The van der Waals surface area contributed by atoms with E-state index in [4.69, 9.17) is 4.74 Å². The molecule has 0 saturated carbocycles.